The van der Waals surface area contributed by atoms with Crippen LogP contribution in [0.3, 0.4) is 0 Å². The summed E-state index contributed by atoms with van der Waals surface area (Å²) in [5.41, 5.74) is 0.899. The maximum atomic E-state index is 14.8. The molecule has 2 heterocycles. The first-order valence-corrected chi connectivity index (χ1v) is 14.1. The van der Waals surface area contributed by atoms with Crippen molar-refractivity contribution < 1.29 is 23.1 Å². The first-order chi connectivity index (χ1) is 20.6. The standard InChI is InChI=1S/C29H34F2N8O3S/c1-37(2)12-13-38-10-3-11-39(15-14-38)29(41)35-25-18-27(33-19-32-25)42-24-9-8-22(17-23(24)31)34-28(43)36-26(40)16-20-4-6-21(30)7-5-20/h4-9,17-19H,3,10-16H2,1-2H3,(H,32,33,35,41)(H2,34,36,40,43). The molecule has 0 radical (unpaired) electrons. The van der Waals surface area contributed by atoms with Gasteiger partial charge in [-0.1, -0.05) is 12.1 Å². The number of aromatic nitrogens is 2. The average Bonchev–Trinajstić information content (AvgIpc) is 3.21. The van der Waals surface area contributed by atoms with Gasteiger partial charge in [0.05, 0.1) is 6.42 Å². The van der Waals surface area contributed by atoms with E-state index < -0.39 is 17.5 Å². The Labute approximate surface area is 254 Å². The van der Waals surface area contributed by atoms with Crippen LogP contribution in [0.5, 0.6) is 11.6 Å². The minimum Gasteiger partial charge on any atom is -0.436 e. The summed E-state index contributed by atoms with van der Waals surface area (Å²) in [5, 5.41) is 7.99. The highest BCUT2D eigenvalue weighted by molar-refractivity contribution is 7.80. The predicted octanol–water partition coefficient (Wildman–Crippen LogP) is 3.70. The van der Waals surface area contributed by atoms with Crippen LogP contribution in [0.1, 0.15) is 12.0 Å². The smallest absolute Gasteiger partial charge is 0.323 e. The molecule has 3 amide bonds. The zero-order valence-electron chi connectivity index (χ0n) is 24.0. The molecule has 1 aliphatic heterocycles. The molecule has 0 unspecified atom stereocenters. The van der Waals surface area contributed by atoms with E-state index in [0.717, 1.165) is 38.7 Å². The third-order valence-electron chi connectivity index (χ3n) is 6.55. The molecule has 0 saturated carbocycles. The Morgan fingerprint density at radius 2 is 1.79 bits per heavy atom. The second-order valence-electron chi connectivity index (χ2n) is 10.2. The first-order valence-electron chi connectivity index (χ1n) is 13.7. The van der Waals surface area contributed by atoms with Crippen molar-refractivity contribution in [2.75, 3.05) is 64.0 Å². The molecule has 1 aromatic heterocycles. The number of ether oxygens (including phenoxy) is 1. The number of amides is 3. The average molecular weight is 613 g/mol. The number of halogens is 2. The molecule has 3 N–H and O–H groups in total. The number of urea groups is 1. The Morgan fingerprint density at radius 1 is 1.00 bits per heavy atom. The molecule has 43 heavy (non-hydrogen) atoms. The Balaban J connectivity index is 1.27. The van der Waals surface area contributed by atoms with E-state index in [1.807, 2.05) is 14.1 Å². The quantitative estimate of drug-likeness (QED) is 0.311. The van der Waals surface area contributed by atoms with Gasteiger partial charge in [0.1, 0.15) is 18.0 Å². The van der Waals surface area contributed by atoms with Crippen molar-refractivity contribution >= 4 is 40.8 Å². The van der Waals surface area contributed by atoms with E-state index in [4.69, 9.17) is 17.0 Å². The lowest BCUT2D eigenvalue weighted by molar-refractivity contribution is -0.119. The van der Waals surface area contributed by atoms with Crippen LogP contribution in [-0.2, 0) is 11.2 Å². The van der Waals surface area contributed by atoms with Crippen molar-refractivity contribution in [2.24, 2.45) is 0 Å². The number of rotatable bonds is 9. The molecule has 2 aromatic carbocycles. The fourth-order valence-electron chi connectivity index (χ4n) is 4.29. The Hall–Kier alpha value is -4.27. The third-order valence-corrected chi connectivity index (χ3v) is 6.76. The van der Waals surface area contributed by atoms with E-state index in [-0.39, 0.29) is 40.7 Å². The highest BCUT2D eigenvalue weighted by Gasteiger charge is 2.20. The maximum Gasteiger partial charge on any atom is 0.323 e. The summed E-state index contributed by atoms with van der Waals surface area (Å²) < 4.78 is 33.5. The summed E-state index contributed by atoms with van der Waals surface area (Å²) in [5.74, 6) is -1.36. The second-order valence-corrected chi connectivity index (χ2v) is 10.6. The molecule has 3 aromatic rings. The summed E-state index contributed by atoms with van der Waals surface area (Å²) >= 11 is 5.14. The molecule has 11 nitrogen and oxygen atoms in total. The van der Waals surface area contributed by atoms with Crippen molar-refractivity contribution in [3.05, 3.63) is 72.1 Å². The van der Waals surface area contributed by atoms with Crippen molar-refractivity contribution in [1.82, 2.24) is 30.0 Å². The minimum absolute atomic E-state index is 0.00168. The lowest BCUT2D eigenvalue weighted by atomic mass is 10.1. The van der Waals surface area contributed by atoms with Gasteiger partial charge in [-0.15, -0.1) is 0 Å². The monoisotopic (exact) mass is 612 g/mol. The molecule has 0 spiro atoms. The topological polar surface area (TPSA) is 115 Å². The summed E-state index contributed by atoms with van der Waals surface area (Å²) in [4.78, 5) is 39.4. The molecule has 1 aliphatic rings. The fourth-order valence-corrected chi connectivity index (χ4v) is 4.52. The van der Waals surface area contributed by atoms with Crippen LogP contribution in [0.2, 0.25) is 0 Å². The maximum absolute atomic E-state index is 14.8. The summed E-state index contributed by atoms with van der Waals surface area (Å²) in [7, 11) is 4.08. The lowest BCUT2D eigenvalue weighted by Crippen LogP contribution is -2.39. The molecular weight excluding hydrogens is 578 g/mol. The van der Waals surface area contributed by atoms with Gasteiger partial charge in [-0.25, -0.2) is 23.5 Å². The van der Waals surface area contributed by atoms with Gasteiger partial charge < -0.3 is 30.1 Å². The van der Waals surface area contributed by atoms with Crippen LogP contribution in [0.4, 0.5) is 25.1 Å². The van der Waals surface area contributed by atoms with Crippen molar-refractivity contribution in [2.45, 2.75) is 12.8 Å². The molecule has 1 saturated heterocycles. The third kappa shape index (κ3) is 10.2. The highest BCUT2D eigenvalue weighted by Crippen LogP contribution is 2.26. The van der Waals surface area contributed by atoms with Crippen molar-refractivity contribution in [1.29, 1.82) is 0 Å². The molecule has 228 valence electrons. The van der Waals surface area contributed by atoms with Crippen LogP contribution >= 0.6 is 12.2 Å². The SMILES string of the molecule is CN(C)CCN1CCCN(C(=O)Nc2cc(Oc3ccc(NC(=S)NC(=O)Cc4ccc(F)cc4)cc3F)ncn2)CC1. The van der Waals surface area contributed by atoms with E-state index >= 15 is 0 Å². The molecule has 0 bridgehead atoms. The molecule has 4 rings (SSSR count). The number of nitrogens with zero attached hydrogens (tertiary/aromatic N) is 5. The minimum atomic E-state index is -0.710. The summed E-state index contributed by atoms with van der Waals surface area (Å²) in [6.07, 6.45) is 2.09. The van der Waals surface area contributed by atoms with Gasteiger partial charge in [-0.2, -0.15) is 0 Å². The van der Waals surface area contributed by atoms with Gasteiger partial charge in [-0.3, -0.25) is 10.1 Å². The van der Waals surface area contributed by atoms with Crippen LogP contribution < -0.4 is 20.7 Å². The Kier molecular flexibility index (Phi) is 11.2. The number of nitrogens with one attached hydrogen (secondary N) is 3. The van der Waals surface area contributed by atoms with Crippen molar-refractivity contribution in [3.8, 4) is 11.6 Å². The number of anilines is 2. The zero-order valence-corrected chi connectivity index (χ0v) is 24.8. The van der Waals surface area contributed by atoms with Crippen LogP contribution in [0.25, 0.3) is 0 Å². The van der Waals surface area contributed by atoms with Gasteiger partial charge >= 0.3 is 6.03 Å². The molecular formula is C29H34F2N8O3S. The number of hydrogen-bond acceptors (Lipinski definition) is 8. The van der Waals surface area contributed by atoms with Crippen LogP contribution in [0.15, 0.2) is 54.9 Å². The second kappa shape index (κ2) is 15.3. The summed E-state index contributed by atoms with van der Waals surface area (Å²) in [6, 6.07) is 10.7. The number of thiocarbonyl (C=S) groups is 1. The highest BCUT2D eigenvalue weighted by atomic mass is 32.1. The number of likely N-dealkylation sites (N-methyl/N-ethyl adjacent to an activating group) is 1. The van der Waals surface area contributed by atoms with Crippen molar-refractivity contribution in [3.63, 3.8) is 0 Å². The first kappa shape index (κ1) is 31.7. The number of benzene rings is 2. The number of carbonyl (C=O) groups is 2. The molecule has 1 fully saturated rings. The van der Waals surface area contributed by atoms with Gasteiger partial charge in [0, 0.05) is 50.5 Å². The predicted molar refractivity (Wildman–Crippen MR) is 163 cm³/mol. The summed E-state index contributed by atoms with van der Waals surface area (Å²) in [6.45, 7) is 4.86. The molecule has 0 atom stereocenters. The van der Waals surface area contributed by atoms with E-state index in [1.54, 1.807) is 4.90 Å². The van der Waals surface area contributed by atoms with E-state index in [2.05, 4.69) is 35.7 Å². The Morgan fingerprint density at radius 3 is 2.53 bits per heavy atom. The van der Waals surface area contributed by atoms with E-state index in [1.165, 1.54) is 48.8 Å². The molecule has 0 aliphatic carbocycles. The normalized spacial score (nSPS) is 13.7. The Bertz CT molecular complexity index is 1430. The van der Waals surface area contributed by atoms with Gasteiger partial charge in [0.25, 0.3) is 0 Å². The van der Waals surface area contributed by atoms with Gasteiger partial charge in [0.15, 0.2) is 16.7 Å². The van der Waals surface area contributed by atoms with E-state index in [9.17, 15) is 18.4 Å². The number of carbonyl (C=O) groups excluding carboxylic acids is 2. The van der Waals surface area contributed by atoms with Gasteiger partial charge in [-0.05, 0) is 69.1 Å². The zero-order chi connectivity index (χ0) is 30.8. The lowest BCUT2D eigenvalue weighted by Gasteiger charge is -2.23. The van der Waals surface area contributed by atoms with Crippen LogP contribution in [0, 0.1) is 11.6 Å². The van der Waals surface area contributed by atoms with Crippen LogP contribution in [-0.4, -0.2) is 95.1 Å². The van der Waals surface area contributed by atoms with Gasteiger partial charge in [0.2, 0.25) is 11.8 Å². The number of hydrogen-bond donors (Lipinski definition) is 3. The fraction of sp³-hybridized carbons (Fsp3) is 0.345. The van der Waals surface area contributed by atoms with E-state index in [0.29, 0.717) is 18.7 Å². The molecule has 14 heteroatoms. The largest absolute Gasteiger partial charge is 0.436 e.